The summed E-state index contributed by atoms with van der Waals surface area (Å²) in [5, 5.41) is 7.95. The maximum Gasteiger partial charge on any atom is 0.193 e. The van der Waals surface area contributed by atoms with Gasteiger partial charge in [0.05, 0.1) is 18.4 Å². The zero-order chi connectivity index (χ0) is 19.6. The number of morpholine rings is 1. The molecule has 0 spiro atoms. The van der Waals surface area contributed by atoms with Gasteiger partial charge >= 0.3 is 0 Å². The lowest BCUT2D eigenvalue weighted by molar-refractivity contribution is -0.0947. The van der Waals surface area contributed by atoms with Crippen molar-refractivity contribution in [2.24, 2.45) is 12.0 Å². The fraction of sp³-hybridized carbons (Fsp3) is 0.800. The summed E-state index contributed by atoms with van der Waals surface area (Å²) in [4.78, 5) is 9.46. The lowest BCUT2D eigenvalue weighted by atomic mass is 10.00. The average molecular weight is 504 g/mol. The number of ether oxygens (including phenoxy) is 1. The first kappa shape index (κ1) is 23.4. The number of aliphatic imine (C=N–C) groups is 1. The van der Waals surface area contributed by atoms with Crippen LogP contribution in [0.15, 0.2) is 17.4 Å². The van der Waals surface area contributed by atoms with E-state index >= 15 is 0 Å². The molecule has 2 fully saturated rings. The zero-order valence-electron chi connectivity index (χ0n) is 18.2. The minimum Gasteiger partial charge on any atom is -0.373 e. The fourth-order valence-corrected chi connectivity index (χ4v) is 4.29. The summed E-state index contributed by atoms with van der Waals surface area (Å²) in [6.07, 6.45) is 5.84. The Morgan fingerprint density at radius 2 is 1.96 bits per heavy atom. The van der Waals surface area contributed by atoms with Crippen LogP contribution in [0.4, 0.5) is 0 Å². The first-order chi connectivity index (χ1) is 12.8. The van der Waals surface area contributed by atoms with E-state index in [1.165, 1.54) is 5.56 Å². The van der Waals surface area contributed by atoms with Crippen LogP contribution in [0.1, 0.15) is 45.6 Å². The zero-order valence-corrected chi connectivity index (χ0v) is 20.5. The quantitative estimate of drug-likeness (QED) is 0.388. The first-order valence-electron chi connectivity index (χ1n) is 10.1. The number of likely N-dealkylation sites (tertiary alicyclic amines) is 1. The van der Waals surface area contributed by atoms with Crippen molar-refractivity contribution in [3.8, 4) is 0 Å². The molecule has 3 rings (SSSR count). The molecule has 160 valence electrons. The summed E-state index contributed by atoms with van der Waals surface area (Å²) in [5.41, 5.74) is 1.37. The summed E-state index contributed by atoms with van der Waals surface area (Å²) in [7, 11) is 3.86. The highest BCUT2D eigenvalue weighted by Gasteiger charge is 2.34. The van der Waals surface area contributed by atoms with Crippen LogP contribution in [0.25, 0.3) is 0 Å². The molecule has 1 aromatic rings. The van der Waals surface area contributed by atoms with E-state index in [9.17, 15) is 0 Å². The van der Waals surface area contributed by atoms with Crippen LogP contribution in [-0.4, -0.2) is 83.1 Å². The number of nitrogens with one attached hydrogen (secondary N) is 1. The minimum absolute atomic E-state index is 0. The van der Waals surface area contributed by atoms with Crippen molar-refractivity contribution in [3.05, 3.63) is 18.0 Å². The van der Waals surface area contributed by atoms with Gasteiger partial charge in [-0.2, -0.15) is 5.10 Å². The van der Waals surface area contributed by atoms with Crippen molar-refractivity contribution >= 4 is 29.9 Å². The molecule has 0 amide bonds. The van der Waals surface area contributed by atoms with Crippen molar-refractivity contribution in [1.82, 2.24) is 24.9 Å². The fourth-order valence-electron chi connectivity index (χ4n) is 4.29. The molecule has 2 aliphatic rings. The summed E-state index contributed by atoms with van der Waals surface area (Å²) in [5.74, 6) is 1.54. The monoisotopic (exact) mass is 504 g/mol. The first-order valence-corrected chi connectivity index (χ1v) is 10.1. The van der Waals surface area contributed by atoms with E-state index in [0.717, 1.165) is 45.1 Å². The summed E-state index contributed by atoms with van der Waals surface area (Å²) < 4.78 is 7.78. The van der Waals surface area contributed by atoms with E-state index in [4.69, 9.17) is 4.74 Å². The molecule has 1 aromatic heterocycles. The minimum atomic E-state index is 0. The Labute approximate surface area is 186 Å². The van der Waals surface area contributed by atoms with Gasteiger partial charge in [-0.1, -0.05) is 0 Å². The second-order valence-corrected chi connectivity index (χ2v) is 8.75. The third-order valence-electron chi connectivity index (χ3n) is 5.85. The lowest BCUT2D eigenvalue weighted by Crippen LogP contribution is -2.59. The number of hydrogen-bond donors (Lipinski definition) is 1. The van der Waals surface area contributed by atoms with Gasteiger partial charge in [-0.25, -0.2) is 0 Å². The van der Waals surface area contributed by atoms with Gasteiger partial charge in [0.1, 0.15) is 0 Å². The van der Waals surface area contributed by atoms with Gasteiger partial charge in [0.2, 0.25) is 0 Å². The highest BCUT2D eigenvalue weighted by molar-refractivity contribution is 14.0. The Hall–Kier alpha value is -0.870. The normalized spacial score (nSPS) is 27.0. The molecule has 7 nitrogen and oxygen atoms in total. The molecule has 3 atom stereocenters. The number of aryl methyl sites for hydroxylation is 1. The van der Waals surface area contributed by atoms with Crippen molar-refractivity contribution in [2.45, 2.75) is 57.8 Å². The van der Waals surface area contributed by atoms with E-state index in [-0.39, 0.29) is 41.7 Å². The molecule has 28 heavy (non-hydrogen) atoms. The number of nitrogens with zero attached hydrogens (tertiary/aromatic N) is 5. The molecule has 2 aliphatic heterocycles. The van der Waals surface area contributed by atoms with Crippen LogP contribution in [0.2, 0.25) is 0 Å². The Bertz CT molecular complexity index is 651. The van der Waals surface area contributed by atoms with E-state index in [1.54, 1.807) is 0 Å². The number of guanidine groups is 1. The molecular formula is C20H37IN6O. The van der Waals surface area contributed by atoms with Gasteiger partial charge in [0.15, 0.2) is 5.96 Å². The Morgan fingerprint density at radius 1 is 1.29 bits per heavy atom. The highest BCUT2D eigenvalue weighted by atomic mass is 127. The second-order valence-electron chi connectivity index (χ2n) is 8.75. The van der Waals surface area contributed by atoms with Crippen LogP contribution in [0.5, 0.6) is 0 Å². The van der Waals surface area contributed by atoms with Crippen LogP contribution < -0.4 is 5.32 Å². The molecule has 8 heteroatoms. The third-order valence-corrected chi connectivity index (χ3v) is 5.85. The maximum absolute atomic E-state index is 5.89. The van der Waals surface area contributed by atoms with Gasteiger partial charge in [-0.05, 0) is 39.7 Å². The third kappa shape index (κ3) is 5.60. The van der Waals surface area contributed by atoms with E-state index in [1.807, 2.05) is 25.0 Å². The number of rotatable bonds is 4. The van der Waals surface area contributed by atoms with Gasteiger partial charge in [0, 0.05) is 64.5 Å². The maximum atomic E-state index is 5.89. The predicted molar refractivity (Wildman–Crippen MR) is 125 cm³/mol. The summed E-state index contributed by atoms with van der Waals surface area (Å²) >= 11 is 0. The largest absolute Gasteiger partial charge is 0.373 e. The van der Waals surface area contributed by atoms with Gasteiger partial charge < -0.3 is 15.0 Å². The van der Waals surface area contributed by atoms with E-state index in [2.05, 4.69) is 59.1 Å². The topological polar surface area (TPSA) is 57.9 Å². The van der Waals surface area contributed by atoms with E-state index in [0.29, 0.717) is 5.92 Å². The molecular weight excluding hydrogens is 467 g/mol. The highest BCUT2D eigenvalue weighted by Crippen LogP contribution is 2.27. The number of hydrogen-bond acceptors (Lipinski definition) is 4. The van der Waals surface area contributed by atoms with Crippen molar-refractivity contribution in [1.29, 1.82) is 0 Å². The van der Waals surface area contributed by atoms with Crippen LogP contribution >= 0.6 is 24.0 Å². The summed E-state index contributed by atoms with van der Waals surface area (Å²) in [6.45, 7) is 13.8. The molecule has 0 radical (unpaired) electrons. The molecule has 0 bridgehead atoms. The van der Waals surface area contributed by atoms with Crippen LogP contribution in [0.3, 0.4) is 0 Å². The van der Waals surface area contributed by atoms with Gasteiger partial charge in [-0.15, -0.1) is 24.0 Å². The van der Waals surface area contributed by atoms with Crippen molar-refractivity contribution < 1.29 is 4.74 Å². The number of aromatic nitrogens is 2. The molecule has 2 saturated heterocycles. The van der Waals surface area contributed by atoms with Gasteiger partial charge in [0.25, 0.3) is 0 Å². The second kappa shape index (κ2) is 9.75. The molecule has 1 N–H and O–H groups in total. The van der Waals surface area contributed by atoms with Crippen molar-refractivity contribution in [3.63, 3.8) is 0 Å². The lowest BCUT2D eigenvalue weighted by Gasteiger charge is -2.45. The SMILES string of the molecule is CN=C(NCC(C)(C)N1CC(C)OC(C)C1)N1CCC(c2cnn(C)c2)C1.I. The molecule has 0 aliphatic carbocycles. The van der Waals surface area contributed by atoms with Crippen LogP contribution in [0, 0.1) is 0 Å². The Balaban J connectivity index is 0.00000280. The smallest absolute Gasteiger partial charge is 0.193 e. The van der Waals surface area contributed by atoms with E-state index < -0.39 is 0 Å². The number of halogens is 1. The van der Waals surface area contributed by atoms with Crippen molar-refractivity contribution in [2.75, 3.05) is 39.8 Å². The van der Waals surface area contributed by atoms with Gasteiger partial charge in [-0.3, -0.25) is 14.6 Å². The molecule has 3 heterocycles. The Kier molecular flexibility index (Phi) is 8.16. The Morgan fingerprint density at radius 3 is 2.54 bits per heavy atom. The molecule has 0 aromatic carbocycles. The molecule has 3 unspecified atom stereocenters. The predicted octanol–water partition coefficient (Wildman–Crippen LogP) is 2.29. The summed E-state index contributed by atoms with van der Waals surface area (Å²) in [6, 6.07) is 0. The van der Waals surface area contributed by atoms with Crippen LogP contribution in [-0.2, 0) is 11.8 Å². The standard InChI is InChI=1S/C20H36N6O.HI/c1-15-10-26(11-16(2)27-15)20(3,4)14-22-19(21-5)25-8-7-17(13-25)18-9-23-24(6)12-18;/h9,12,15-17H,7-8,10-11,13-14H2,1-6H3,(H,21,22);1H. The molecule has 0 saturated carbocycles. The average Bonchev–Trinajstić information content (AvgIpc) is 3.24.